The fourth-order valence-corrected chi connectivity index (χ4v) is 7.83. The lowest BCUT2D eigenvalue weighted by atomic mass is 9.78. The molecule has 330 valence electrons. The molecule has 4 aromatic rings. The van der Waals surface area contributed by atoms with Crippen LogP contribution in [0, 0.1) is 0 Å². The molecule has 1 atom stereocenters. The van der Waals surface area contributed by atoms with E-state index in [1.54, 1.807) is 24.3 Å². The number of unbranched alkanes of at least 4 members (excludes halogenated alkanes) is 6. The minimum Gasteiger partial charge on any atom is -0.494 e. The van der Waals surface area contributed by atoms with Gasteiger partial charge in [-0.2, -0.15) is 0 Å². The number of hydrogen-bond donors (Lipinski definition) is 3. The van der Waals surface area contributed by atoms with Crippen LogP contribution in [0.5, 0.6) is 11.5 Å². The van der Waals surface area contributed by atoms with Crippen LogP contribution >= 0.6 is 0 Å². The monoisotopic (exact) mass is 868 g/mol. The number of nitrogens with one attached hydrogen (secondary N) is 3. The molecular weight excluding hydrogens is 813 g/mol. The minimum atomic E-state index is -3.47. The van der Waals surface area contributed by atoms with E-state index in [1.807, 2.05) is 36.4 Å². The van der Waals surface area contributed by atoms with Crippen molar-refractivity contribution in [2.45, 2.75) is 96.1 Å². The van der Waals surface area contributed by atoms with E-state index in [2.05, 4.69) is 51.3 Å². The summed E-state index contributed by atoms with van der Waals surface area (Å²) in [6, 6.07) is 21.9. The number of fused-ring (bicyclic) bond motifs is 1. The summed E-state index contributed by atoms with van der Waals surface area (Å²) in [7, 11) is -3.47. The first-order chi connectivity index (χ1) is 29.8. The number of aromatic nitrogens is 2. The largest absolute Gasteiger partial charge is 0.494 e. The first-order valence-corrected chi connectivity index (χ1v) is 23.1. The van der Waals surface area contributed by atoms with Crippen molar-refractivity contribution in [3.05, 3.63) is 107 Å². The van der Waals surface area contributed by atoms with Crippen LogP contribution in [0.25, 0.3) is 0 Å². The number of anilines is 2. The van der Waals surface area contributed by atoms with Crippen LogP contribution in [0.2, 0.25) is 0 Å². The van der Waals surface area contributed by atoms with Crippen LogP contribution in [0.4, 0.5) is 11.6 Å². The van der Waals surface area contributed by atoms with Gasteiger partial charge in [-0.05, 0) is 91.8 Å². The Morgan fingerprint density at radius 3 is 2.03 bits per heavy atom. The Labute approximate surface area is 363 Å². The Kier molecular flexibility index (Phi) is 15.7. The van der Waals surface area contributed by atoms with Crippen molar-refractivity contribution >= 4 is 45.3 Å². The maximum Gasteiger partial charge on any atom is 0.262 e. The van der Waals surface area contributed by atoms with Gasteiger partial charge in [-0.15, -0.1) is 0 Å². The molecule has 1 fully saturated rings. The lowest BCUT2D eigenvalue weighted by molar-refractivity contribution is -0.136. The van der Waals surface area contributed by atoms with Crippen LogP contribution in [0.15, 0.2) is 79.0 Å². The number of nitrogens with zero attached hydrogens (tertiary/aromatic N) is 3. The van der Waals surface area contributed by atoms with Gasteiger partial charge in [0.25, 0.3) is 11.8 Å². The van der Waals surface area contributed by atoms with Crippen LogP contribution in [0.3, 0.4) is 0 Å². The summed E-state index contributed by atoms with van der Waals surface area (Å²) >= 11 is 0. The van der Waals surface area contributed by atoms with Crippen molar-refractivity contribution in [2.24, 2.45) is 0 Å². The number of carbonyl (C=O) groups is 4. The molecule has 6 rings (SSSR count). The minimum absolute atomic E-state index is 0.00730. The summed E-state index contributed by atoms with van der Waals surface area (Å²) in [6.07, 6.45) is 11.1. The molecule has 0 spiro atoms. The number of piperidine rings is 1. The molecule has 1 unspecified atom stereocenters. The van der Waals surface area contributed by atoms with Crippen LogP contribution in [-0.4, -0.2) is 85.6 Å². The van der Waals surface area contributed by atoms with E-state index < -0.39 is 39.7 Å². The Balaban J connectivity index is 0.775. The molecule has 16 heteroatoms. The average molecular weight is 869 g/mol. The maximum absolute atomic E-state index is 13.0. The van der Waals surface area contributed by atoms with E-state index in [9.17, 15) is 27.6 Å². The Bertz CT molecular complexity index is 2300. The van der Waals surface area contributed by atoms with Crippen molar-refractivity contribution in [3.63, 3.8) is 0 Å². The number of carbonyl (C=O) groups excluding carboxylic acids is 4. The summed E-state index contributed by atoms with van der Waals surface area (Å²) in [4.78, 5) is 58.8. The van der Waals surface area contributed by atoms with Gasteiger partial charge in [0, 0.05) is 43.5 Å². The van der Waals surface area contributed by atoms with Crippen molar-refractivity contribution in [1.82, 2.24) is 20.2 Å². The molecule has 2 aliphatic rings. The molecule has 62 heavy (non-hydrogen) atoms. The summed E-state index contributed by atoms with van der Waals surface area (Å²) in [5.41, 5.74) is 3.87. The average Bonchev–Trinajstić information content (AvgIpc) is 3.49. The zero-order valence-corrected chi connectivity index (χ0v) is 36.4. The van der Waals surface area contributed by atoms with E-state index in [4.69, 9.17) is 14.2 Å². The van der Waals surface area contributed by atoms with Crippen molar-refractivity contribution in [3.8, 4) is 11.5 Å². The van der Waals surface area contributed by atoms with Gasteiger partial charge in [0.05, 0.1) is 29.7 Å². The topological polar surface area (TPSA) is 195 Å². The zero-order chi connectivity index (χ0) is 44.1. The second-order valence-electron chi connectivity index (χ2n) is 16.1. The standard InChI is InChI=1S/C46H56N6O9S/c1-46(2,33-14-19-37(20-15-33)61-31-35-24-26-48-45(49-35)51-62(3,57)58)32-12-17-36(18-13-32)60-29-10-7-5-4-6-9-27-59-28-11-8-25-47-34-16-21-38-39(30-34)44(56)52(43(38)55)40-22-23-41(53)50-42(40)54/h12-21,24,26,30,40,47H,4-11,22-23,25,27-29,31H2,1-3H3,(H,48,49,51)(H,50,53,54). The molecule has 1 aromatic heterocycles. The fourth-order valence-electron chi connectivity index (χ4n) is 7.40. The zero-order valence-electron chi connectivity index (χ0n) is 35.6. The second-order valence-corrected chi connectivity index (χ2v) is 17.9. The third-order valence-corrected chi connectivity index (χ3v) is 11.5. The van der Waals surface area contributed by atoms with Gasteiger partial charge in [-0.1, -0.05) is 63.8 Å². The normalized spacial score (nSPS) is 15.3. The van der Waals surface area contributed by atoms with Crippen molar-refractivity contribution < 1.29 is 41.8 Å². The van der Waals surface area contributed by atoms with Gasteiger partial charge in [0.2, 0.25) is 27.8 Å². The van der Waals surface area contributed by atoms with Gasteiger partial charge in [0.15, 0.2) is 0 Å². The lowest BCUT2D eigenvalue weighted by Gasteiger charge is -2.27. The number of rotatable bonds is 24. The number of hydrogen-bond acceptors (Lipinski definition) is 12. The molecule has 3 aromatic carbocycles. The van der Waals surface area contributed by atoms with Gasteiger partial charge < -0.3 is 19.5 Å². The first kappa shape index (κ1) is 45.7. The van der Waals surface area contributed by atoms with Crippen molar-refractivity contribution in [1.29, 1.82) is 0 Å². The predicted molar refractivity (Wildman–Crippen MR) is 235 cm³/mol. The number of amides is 4. The molecule has 4 amide bonds. The van der Waals surface area contributed by atoms with Gasteiger partial charge in [0.1, 0.15) is 24.1 Å². The molecule has 0 aliphatic carbocycles. The SMILES string of the molecule is CC(C)(c1ccc(OCCCCCCCCOCCCCNc2ccc3c(c2)C(=O)N(C2CCC(=O)NC2=O)C3=O)cc1)c1ccc(OCc2ccnc(NS(C)(=O)=O)n2)cc1. The highest BCUT2D eigenvalue weighted by atomic mass is 32.2. The third-order valence-electron chi connectivity index (χ3n) is 11.0. The smallest absolute Gasteiger partial charge is 0.262 e. The molecular formula is C46H56N6O9S. The number of benzene rings is 3. The number of sulfonamides is 1. The van der Waals surface area contributed by atoms with E-state index >= 15 is 0 Å². The molecule has 2 aliphatic heterocycles. The van der Waals surface area contributed by atoms with Crippen LogP contribution in [-0.2, 0) is 36.4 Å². The van der Waals surface area contributed by atoms with E-state index in [1.165, 1.54) is 11.8 Å². The maximum atomic E-state index is 13.0. The summed E-state index contributed by atoms with van der Waals surface area (Å²) < 4.78 is 43.0. The third kappa shape index (κ3) is 12.6. The van der Waals surface area contributed by atoms with Crippen LogP contribution < -0.4 is 24.8 Å². The molecule has 1 saturated heterocycles. The van der Waals surface area contributed by atoms with Crippen molar-refractivity contribution in [2.75, 3.05) is 42.7 Å². The lowest BCUT2D eigenvalue weighted by Crippen LogP contribution is -2.54. The molecule has 0 saturated carbocycles. The fraction of sp³-hybridized carbons (Fsp3) is 0.435. The predicted octanol–water partition coefficient (Wildman–Crippen LogP) is 6.78. The summed E-state index contributed by atoms with van der Waals surface area (Å²) in [5, 5.41) is 5.52. The highest BCUT2D eigenvalue weighted by molar-refractivity contribution is 7.92. The van der Waals surface area contributed by atoms with Gasteiger partial charge in [-0.3, -0.25) is 34.1 Å². The number of ether oxygens (including phenoxy) is 3. The molecule has 15 nitrogen and oxygen atoms in total. The van der Waals surface area contributed by atoms with E-state index in [0.717, 1.165) is 86.1 Å². The molecule has 0 radical (unpaired) electrons. The Morgan fingerprint density at radius 1 is 0.758 bits per heavy atom. The molecule has 3 N–H and O–H groups in total. The second kappa shape index (κ2) is 21.3. The van der Waals surface area contributed by atoms with E-state index in [0.29, 0.717) is 31.2 Å². The Hall–Kier alpha value is -5.87. The molecule has 0 bridgehead atoms. The van der Waals surface area contributed by atoms with Gasteiger partial charge >= 0.3 is 0 Å². The highest BCUT2D eigenvalue weighted by Gasteiger charge is 2.44. The molecule has 3 heterocycles. The number of imide groups is 2. The summed E-state index contributed by atoms with van der Waals surface area (Å²) in [5.74, 6) is -0.494. The quantitative estimate of drug-likeness (QED) is 0.0494. The summed E-state index contributed by atoms with van der Waals surface area (Å²) in [6.45, 7) is 7.33. The van der Waals surface area contributed by atoms with Crippen LogP contribution in [0.1, 0.15) is 116 Å². The first-order valence-electron chi connectivity index (χ1n) is 21.2. The van der Waals surface area contributed by atoms with E-state index in [-0.39, 0.29) is 41.9 Å². The Morgan fingerprint density at radius 2 is 1.37 bits per heavy atom. The highest BCUT2D eigenvalue weighted by Crippen LogP contribution is 2.34. The van der Waals surface area contributed by atoms with Gasteiger partial charge in [-0.25, -0.2) is 18.4 Å².